The van der Waals surface area contributed by atoms with E-state index >= 15 is 0 Å². The quantitative estimate of drug-likeness (QED) is 0.575. The van der Waals surface area contributed by atoms with Crippen LogP contribution >= 0.6 is 11.3 Å². The molecule has 0 bridgehead atoms. The third-order valence-corrected chi connectivity index (χ3v) is 6.13. The van der Waals surface area contributed by atoms with Gasteiger partial charge >= 0.3 is 0 Å². The number of fused-ring (bicyclic) bond motifs is 1. The number of amides is 1. The second-order valence-corrected chi connectivity index (χ2v) is 7.95. The topological polar surface area (TPSA) is 125 Å². The minimum atomic E-state index is -0.510. The van der Waals surface area contributed by atoms with Crippen molar-refractivity contribution >= 4 is 38.8 Å². The van der Waals surface area contributed by atoms with Crippen LogP contribution in [0.15, 0.2) is 24.9 Å². The molecule has 4 N–H and O–H groups in total. The number of carbonyl (C=O) groups is 1. The van der Waals surface area contributed by atoms with Crippen LogP contribution in [-0.2, 0) is 11.3 Å². The number of nitrogens with two attached hydrogens (primary N) is 2. The number of hydrogen-bond acceptors (Lipinski definition) is 8. The number of pyridine rings is 1. The van der Waals surface area contributed by atoms with Gasteiger partial charge in [0.25, 0.3) is 5.91 Å². The first kappa shape index (κ1) is 18.6. The summed E-state index contributed by atoms with van der Waals surface area (Å²) in [5.74, 6) is -0.0715. The zero-order valence-electron chi connectivity index (χ0n) is 15.5. The molecule has 4 heterocycles. The van der Waals surface area contributed by atoms with Gasteiger partial charge in [-0.1, -0.05) is 0 Å². The van der Waals surface area contributed by atoms with E-state index in [0.29, 0.717) is 29.7 Å². The molecule has 0 unspecified atom stereocenters. The molecule has 0 saturated carbocycles. The van der Waals surface area contributed by atoms with Gasteiger partial charge in [-0.25, -0.2) is 4.98 Å². The van der Waals surface area contributed by atoms with Gasteiger partial charge in [-0.15, -0.1) is 21.5 Å². The lowest BCUT2D eigenvalue weighted by Gasteiger charge is -2.34. The molecule has 1 amide bonds. The Hall–Kier alpha value is -2.72. The number of ether oxygens (including phenoxy) is 1. The highest BCUT2D eigenvalue weighted by Crippen LogP contribution is 2.39. The average molecular weight is 401 g/mol. The van der Waals surface area contributed by atoms with Crippen LogP contribution in [0.1, 0.15) is 22.5 Å². The van der Waals surface area contributed by atoms with Crippen molar-refractivity contribution in [2.24, 2.45) is 11.7 Å². The van der Waals surface area contributed by atoms with Gasteiger partial charge in [0.2, 0.25) is 0 Å². The summed E-state index contributed by atoms with van der Waals surface area (Å²) >= 11 is 1.25. The molecule has 4 rings (SSSR count). The third-order valence-electron chi connectivity index (χ3n) is 5.00. The van der Waals surface area contributed by atoms with Crippen molar-refractivity contribution < 1.29 is 9.53 Å². The zero-order valence-corrected chi connectivity index (χ0v) is 16.3. The molecule has 1 aliphatic heterocycles. The van der Waals surface area contributed by atoms with E-state index in [-0.39, 0.29) is 0 Å². The summed E-state index contributed by atoms with van der Waals surface area (Å²) in [5.41, 5.74) is 13.1. The molecular formula is C18H23N7O2S. The van der Waals surface area contributed by atoms with Crippen LogP contribution in [0.2, 0.25) is 0 Å². The van der Waals surface area contributed by atoms with E-state index in [1.54, 1.807) is 18.9 Å². The highest BCUT2D eigenvalue weighted by molar-refractivity contribution is 7.21. The molecular weight excluding hydrogens is 378 g/mol. The lowest BCUT2D eigenvalue weighted by Crippen LogP contribution is -2.37. The average Bonchev–Trinajstić information content (AvgIpc) is 3.33. The number of aromatic nitrogens is 4. The second-order valence-electron chi connectivity index (χ2n) is 6.95. The molecule has 1 atom stereocenters. The predicted molar refractivity (Wildman–Crippen MR) is 108 cm³/mol. The maximum Gasteiger partial charge on any atom is 0.260 e. The molecule has 1 aliphatic rings. The van der Waals surface area contributed by atoms with Crippen LogP contribution in [-0.4, -0.2) is 52.0 Å². The van der Waals surface area contributed by atoms with Crippen molar-refractivity contribution in [2.75, 3.05) is 36.9 Å². The van der Waals surface area contributed by atoms with Gasteiger partial charge < -0.3 is 25.7 Å². The molecule has 9 nitrogen and oxygen atoms in total. The number of thiophene rings is 1. The molecule has 28 heavy (non-hydrogen) atoms. The SMILES string of the molecule is NC(=O)c1sc2nccc(N3CCC[C@H](COCCn4cnnc4)C3)c2c1N. The van der Waals surface area contributed by atoms with Crippen molar-refractivity contribution in [1.29, 1.82) is 0 Å². The number of carbonyl (C=O) groups excluding carboxylic acids is 1. The van der Waals surface area contributed by atoms with E-state index in [0.717, 1.165) is 48.4 Å². The van der Waals surface area contributed by atoms with Gasteiger partial charge in [-0.3, -0.25) is 4.79 Å². The van der Waals surface area contributed by atoms with Crippen molar-refractivity contribution in [2.45, 2.75) is 19.4 Å². The molecule has 0 radical (unpaired) electrons. The molecule has 0 spiro atoms. The van der Waals surface area contributed by atoms with Crippen LogP contribution in [0.5, 0.6) is 0 Å². The number of primary amides is 1. The molecule has 148 valence electrons. The summed E-state index contributed by atoms with van der Waals surface area (Å²) in [5, 5.41) is 8.40. The summed E-state index contributed by atoms with van der Waals surface area (Å²) < 4.78 is 7.78. The Balaban J connectivity index is 1.43. The molecule has 0 aliphatic carbocycles. The smallest absolute Gasteiger partial charge is 0.260 e. The fourth-order valence-corrected chi connectivity index (χ4v) is 4.59. The molecule has 0 aromatic carbocycles. The Morgan fingerprint density at radius 2 is 2.18 bits per heavy atom. The minimum Gasteiger partial charge on any atom is -0.397 e. The van der Waals surface area contributed by atoms with Crippen LogP contribution in [0.25, 0.3) is 10.2 Å². The zero-order chi connectivity index (χ0) is 19.5. The Labute approximate surface area is 166 Å². The van der Waals surface area contributed by atoms with Crippen molar-refractivity contribution in [3.8, 4) is 0 Å². The van der Waals surface area contributed by atoms with Crippen LogP contribution in [0, 0.1) is 5.92 Å². The van der Waals surface area contributed by atoms with E-state index < -0.39 is 5.91 Å². The van der Waals surface area contributed by atoms with Crippen LogP contribution < -0.4 is 16.4 Å². The van der Waals surface area contributed by atoms with Gasteiger partial charge in [0.05, 0.1) is 30.0 Å². The number of piperidine rings is 1. The maximum atomic E-state index is 11.6. The lowest BCUT2D eigenvalue weighted by molar-refractivity contribution is 0.0876. The van der Waals surface area contributed by atoms with Gasteiger partial charge in [-0.2, -0.15) is 0 Å². The third kappa shape index (κ3) is 3.78. The van der Waals surface area contributed by atoms with Gasteiger partial charge in [0.15, 0.2) is 0 Å². The monoisotopic (exact) mass is 401 g/mol. The number of rotatable bonds is 7. The Morgan fingerprint density at radius 3 is 2.96 bits per heavy atom. The summed E-state index contributed by atoms with van der Waals surface area (Å²) in [6.07, 6.45) is 7.34. The van der Waals surface area contributed by atoms with E-state index in [2.05, 4.69) is 20.1 Å². The van der Waals surface area contributed by atoms with E-state index in [1.165, 1.54) is 11.3 Å². The Kier molecular flexibility index (Phi) is 5.40. The normalized spacial score (nSPS) is 17.3. The standard InChI is InChI=1S/C18H23N7O2S/c19-15-14-13(3-4-21-18(14)28-16(15)17(20)26)25-5-1-2-12(8-25)9-27-7-6-24-10-22-23-11-24/h3-4,10-12H,1-2,5-9,19H2,(H2,20,26)/t12-/m0/s1. The molecule has 1 fully saturated rings. The first-order chi connectivity index (χ1) is 13.6. The molecule has 3 aromatic heterocycles. The molecule has 10 heteroatoms. The van der Waals surface area contributed by atoms with Gasteiger partial charge in [0, 0.05) is 25.8 Å². The summed E-state index contributed by atoms with van der Waals surface area (Å²) in [7, 11) is 0. The number of anilines is 2. The Morgan fingerprint density at radius 1 is 1.36 bits per heavy atom. The second kappa shape index (κ2) is 8.11. The van der Waals surface area contributed by atoms with Crippen molar-refractivity contribution in [3.63, 3.8) is 0 Å². The van der Waals surface area contributed by atoms with E-state index in [4.69, 9.17) is 16.2 Å². The van der Waals surface area contributed by atoms with Gasteiger partial charge in [-0.05, 0) is 24.8 Å². The number of nitrogens with zero attached hydrogens (tertiary/aromatic N) is 5. The first-order valence-corrected chi connectivity index (χ1v) is 10.1. The Bertz CT molecular complexity index is 956. The summed E-state index contributed by atoms with van der Waals surface area (Å²) in [4.78, 5) is 19.5. The number of nitrogen functional groups attached to an aromatic ring is 1. The maximum absolute atomic E-state index is 11.6. The minimum absolute atomic E-state index is 0.376. The van der Waals surface area contributed by atoms with Crippen molar-refractivity contribution in [1.82, 2.24) is 19.7 Å². The van der Waals surface area contributed by atoms with Crippen LogP contribution in [0.3, 0.4) is 0 Å². The predicted octanol–water partition coefficient (Wildman–Crippen LogP) is 1.50. The largest absolute Gasteiger partial charge is 0.397 e. The van der Waals surface area contributed by atoms with Gasteiger partial charge in [0.1, 0.15) is 22.4 Å². The lowest BCUT2D eigenvalue weighted by atomic mass is 9.98. The van der Waals surface area contributed by atoms with Crippen molar-refractivity contribution in [3.05, 3.63) is 29.8 Å². The van der Waals surface area contributed by atoms with E-state index in [1.807, 2.05) is 10.6 Å². The fraction of sp³-hybridized carbons (Fsp3) is 0.444. The summed E-state index contributed by atoms with van der Waals surface area (Å²) in [6, 6.07) is 1.96. The first-order valence-electron chi connectivity index (χ1n) is 9.25. The highest BCUT2D eigenvalue weighted by Gasteiger charge is 2.25. The summed E-state index contributed by atoms with van der Waals surface area (Å²) in [6.45, 7) is 3.91. The molecule has 1 saturated heterocycles. The van der Waals surface area contributed by atoms with E-state index in [9.17, 15) is 4.79 Å². The fourth-order valence-electron chi connectivity index (χ4n) is 3.65. The molecule has 3 aromatic rings. The highest BCUT2D eigenvalue weighted by atomic mass is 32.1. The number of hydrogen-bond donors (Lipinski definition) is 2. The van der Waals surface area contributed by atoms with Crippen LogP contribution in [0.4, 0.5) is 11.4 Å².